The van der Waals surface area contributed by atoms with Gasteiger partial charge in [0.05, 0.1) is 4.88 Å². The van der Waals surface area contributed by atoms with E-state index < -0.39 is 0 Å². The highest BCUT2D eigenvalue weighted by molar-refractivity contribution is 7.14. The molecule has 0 radical (unpaired) electrons. The molecule has 0 fully saturated rings. The normalized spacial score (nSPS) is 14.3. The molecular weight excluding hydrogens is 280 g/mol. The molecule has 0 saturated carbocycles. The van der Waals surface area contributed by atoms with Crippen molar-refractivity contribution in [3.05, 3.63) is 51.2 Å². The zero-order valence-corrected chi connectivity index (χ0v) is 12.8. The van der Waals surface area contributed by atoms with E-state index in [2.05, 4.69) is 11.4 Å². The Balaban J connectivity index is 1.79. The van der Waals surface area contributed by atoms with Crippen molar-refractivity contribution in [2.75, 3.05) is 5.32 Å². The van der Waals surface area contributed by atoms with E-state index in [9.17, 15) is 4.79 Å². The fraction of sp³-hybridized carbons (Fsp3) is 0.353. The molecule has 1 aromatic carbocycles. The highest BCUT2D eigenvalue weighted by atomic mass is 32.1. The number of carbonyl (C=O) groups excluding carboxylic acids is 1. The Hall–Kier alpha value is -1.65. The van der Waals surface area contributed by atoms with Gasteiger partial charge in [-0.15, -0.1) is 11.3 Å². The minimum absolute atomic E-state index is 0.0195. The molecule has 1 heterocycles. The maximum atomic E-state index is 12.4. The first-order valence-electron chi connectivity index (χ1n) is 7.49. The van der Waals surface area contributed by atoms with Crippen LogP contribution in [-0.2, 0) is 19.4 Å². The van der Waals surface area contributed by atoms with Crippen LogP contribution in [0.4, 0.5) is 5.69 Å². The molecule has 0 unspecified atom stereocenters. The lowest BCUT2D eigenvalue weighted by Gasteiger charge is -2.08. The van der Waals surface area contributed by atoms with Crippen LogP contribution in [0.2, 0.25) is 0 Å². The Bertz CT molecular complexity index is 624. The molecule has 0 spiro atoms. The van der Waals surface area contributed by atoms with E-state index in [-0.39, 0.29) is 5.91 Å². The maximum absolute atomic E-state index is 12.4. The number of nitrogens with one attached hydrogen (secondary N) is 1. The second-order valence-electron chi connectivity index (χ2n) is 5.44. The van der Waals surface area contributed by atoms with Crippen LogP contribution in [0.5, 0.6) is 0 Å². The number of nitrogens with two attached hydrogens (primary N) is 1. The van der Waals surface area contributed by atoms with Crippen molar-refractivity contribution >= 4 is 22.9 Å². The third-order valence-electron chi connectivity index (χ3n) is 3.96. The summed E-state index contributed by atoms with van der Waals surface area (Å²) in [7, 11) is 0. The molecule has 4 heteroatoms. The topological polar surface area (TPSA) is 55.1 Å². The highest BCUT2D eigenvalue weighted by Gasteiger charge is 2.17. The van der Waals surface area contributed by atoms with Gasteiger partial charge in [-0.25, -0.2) is 0 Å². The molecule has 3 nitrogen and oxygen atoms in total. The van der Waals surface area contributed by atoms with Crippen molar-refractivity contribution in [1.29, 1.82) is 0 Å². The van der Waals surface area contributed by atoms with E-state index in [0.29, 0.717) is 6.54 Å². The van der Waals surface area contributed by atoms with Gasteiger partial charge in [0, 0.05) is 17.1 Å². The first-order chi connectivity index (χ1) is 10.3. The average molecular weight is 300 g/mol. The molecule has 0 atom stereocenters. The van der Waals surface area contributed by atoms with Crippen LogP contribution < -0.4 is 11.1 Å². The number of amides is 1. The first-order valence-corrected chi connectivity index (χ1v) is 8.30. The summed E-state index contributed by atoms with van der Waals surface area (Å²) < 4.78 is 0. The van der Waals surface area contributed by atoms with E-state index in [1.165, 1.54) is 29.7 Å². The van der Waals surface area contributed by atoms with Crippen LogP contribution in [-0.4, -0.2) is 5.91 Å². The van der Waals surface area contributed by atoms with Gasteiger partial charge in [-0.3, -0.25) is 4.79 Å². The lowest BCUT2D eigenvalue weighted by atomic mass is 10.1. The Labute approximate surface area is 129 Å². The van der Waals surface area contributed by atoms with Crippen molar-refractivity contribution < 1.29 is 4.79 Å². The minimum atomic E-state index is -0.0195. The van der Waals surface area contributed by atoms with Crippen LogP contribution in [0.15, 0.2) is 30.3 Å². The predicted octanol–water partition coefficient (Wildman–Crippen LogP) is 3.73. The summed E-state index contributed by atoms with van der Waals surface area (Å²) in [5, 5.41) is 2.99. The summed E-state index contributed by atoms with van der Waals surface area (Å²) in [6, 6.07) is 9.77. The van der Waals surface area contributed by atoms with E-state index in [1.807, 2.05) is 24.3 Å². The zero-order valence-electron chi connectivity index (χ0n) is 12.0. The van der Waals surface area contributed by atoms with Gasteiger partial charge in [0.15, 0.2) is 0 Å². The first kappa shape index (κ1) is 14.3. The molecular formula is C17H20N2OS. The van der Waals surface area contributed by atoms with E-state index in [4.69, 9.17) is 5.73 Å². The fourth-order valence-electron chi connectivity index (χ4n) is 2.78. The summed E-state index contributed by atoms with van der Waals surface area (Å²) in [6.45, 7) is 0.428. The standard InChI is InChI=1S/C17H20N2OS/c18-11-13-7-4-5-8-14(13)19-17(20)16-10-12-6-2-1-3-9-15(12)21-16/h4-5,7-8,10H,1-3,6,9,11,18H2,(H,19,20). The predicted molar refractivity (Wildman–Crippen MR) is 87.9 cm³/mol. The van der Waals surface area contributed by atoms with Crippen molar-refractivity contribution in [3.8, 4) is 0 Å². The molecule has 1 aliphatic rings. The quantitative estimate of drug-likeness (QED) is 0.849. The Morgan fingerprint density at radius 2 is 2.00 bits per heavy atom. The smallest absolute Gasteiger partial charge is 0.265 e. The summed E-state index contributed by atoms with van der Waals surface area (Å²) in [6.07, 6.45) is 6.00. The molecule has 0 bridgehead atoms. The van der Waals surface area contributed by atoms with E-state index >= 15 is 0 Å². The summed E-state index contributed by atoms with van der Waals surface area (Å²) in [5.74, 6) is -0.0195. The third kappa shape index (κ3) is 3.17. The third-order valence-corrected chi connectivity index (χ3v) is 5.19. The van der Waals surface area contributed by atoms with Crippen LogP contribution >= 0.6 is 11.3 Å². The fourth-order valence-corrected chi connectivity index (χ4v) is 3.93. The highest BCUT2D eigenvalue weighted by Crippen LogP contribution is 2.29. The van der Waals surface area contributed by atoms with Crippen LogP contribution in [0.1, 0.15) is 44.9 Å². The zero-order chi connectivity index (χ0) is 14.7. The molecule has 0 saturated heterocycles. The lowest BCUT2D eigenvalue weighted by Crippen LogP contribution is -2.13. The monoisotopic (exact) mass is 300 g/mol. The molecule has 110 valence electrons. The van der Waals surface area contributed by atoms with E-state index in [1.54, 1.807) is 11.3 Å². The number of thiophene rings is 1. The molecule has 1 aromatic heterocycles. The Morgan fingerprint density at radius 1 is 1.19 bits per heavy atom. The number of anilines is 1. The van der Waals surface area contributed by atoms with Crippen molar-refractivity contribution in [1.82, 2.24) is 0 Å². The van der Waals surface area contributed by atoms with Gasteiger partial charge < -0.3 is 11.1 Å². The minimum Gasteiger partial charge on any atom is -0.326 e. The van der Waals surface area contributed by atoms with Gasteiger partial charge in [-0.2, -0.15) is 0 Å². The van der Waals surface area contributed by atoms with Crippen molar-refractivity contribution in [2.24, 2.45) is 5.73 Å². The second-order valence-corrected chi connectivity index (χ2v) is 6.57. The van der Waals surface area contributed by atoms with Gasteiger partial charge in [0.1, 0.15) is 0 Å². The number of fused-ring (bicyclic) bond motifs is 1. The van der Waals surface area contributed by atoms with Gasteiger partial charge in [0.2, 0.25) is 0 Å². The largest absolute Gasteiger partial charge is 0.326 e. The van der Waals surface area contributed by atoms with Gasteiger partial charge in [0.25, 0.3) is 5.91 Å². The SMILES string of the molecule is NCc1ccccc1NC(=O)c1cc2c(s1)CCCCC2. The van der Waals surface area contributed by atoms with E-state index in [0.717, 1.165) is 29.0 Å². The molecule has 0 aliphatic heterocycles. The number of benzene rings is 1. The lowest BCUT2D eigenvalue weighted by molar-refractivity contribution is 0.103. The maximum Gasteiger partial charge on any atom is 0.265 e. The van der Waals surface area contributed by atoms with Gasteiger partial charge in [-0.1, -0.05) is 24.6 Å². The van der Waals surface area contributed by atoms with Crippen LogP contribution in [0, 0.1) is 0 Å². The molecule has 1 amide bonds. The number of rotatable bonds is 3. The molecule has 1 aliphatic carbocycles. The van der Waals surface area contributed by atoms with Crippen LogP contribution in [0.25, 0.3) is 0 Å². The average Bonchev–Trinajstić information content (AvgIpc) is 2.79. The van der Waals surface area contributed by atoms with Crippen molar-refractivity contribution in [2.45, 2.75) is 38.6 Å². The number of para-hydroxylation sites is 1. The van der Waals surface area contributed by atoms with Crippen LogP contribution in [0.3, 0.4) is 0 Å². The molecule has 2 aromatic rings. The Morgan fingerprint density at radius 3 is 2.86 bits per heavy atom. The second kappa shape index (κ2) is 6.41. The molecule has 21 heavy (non-hydrogen) atoms. The van der Waals surface area contributed by atoms with Crippen molar-refractivity contribution in [3.63, 3.8) is 0 Å². The molecule has 3 rings (SSSR count). The number of aryl methyl sites for hydroxylation is 2. The van der Waals surface area contributed by atoms with Gasteiger partial charge >= 0.3 is 0 Å². The summed E-state index contributed by atoms with van der Waals surface area (Å²) in [4.78, 5) is 14.7. The Kier molecular flexibility index (Phi) is 4.36. The summed E-state index contributed by atoms with van der Waals surface area (Å²) >= 11 is 1.65. The number of hydrogen-bond acceptors (Lipinski definition) is 3. The summed E-state index contributed by atoms with van der Waals surface area (Å²) in [5.41, 5.74) is 8.86. The number of hydrogen-bond donors (Lipinski definition) is 2. The number of carbonyl (C=O) groups is 1. The van der Waals surface area contributed by atoms with Gasteiger partial charge in [-0.05, 0) is 48.9 Å². The molecule has 3 N–H and O–H groups in total.